The second-order valence-corrected chi connectivity index (χ2v) is 4.79. The van der Waals surface area contributed by atoms with Gasteiger partial charge in [-0.15, -0.1) is 0 Å². The summed E-state index contributed by atoms with van der Waals surface area (Å²) >= 11 is 0. The summed E-state index contributed by atoms with van der Waals surface area (Å²) in [5.74, 6) is 0.577. The average molecular weight is 263 g/mol. The number of likely N-dealkylation sites (tertiary alicyclic amines) is 1. The van der Waals surface area contributed by atoms with Crippen LogP contribution in [0.15, 0.2) is 18.2 Å². The number of rotatable bonds is 2. The monoisotopic (exact) mass is 263 g/mol. The number of nitrogens with two attached hydrogens (primary N) is 1. The van der Waals surface area contributed by atoms with Crippen molar-refractivity contribution in [3.8, 4) is 5.75 Å². The maximum Gasteiger partial charge on any atom is 0.321 e. The maximum atomic E-state index is 12.1. The van der Waals surface area contributed by atoms with Crippen molar-refractivity contribution in [2.45, 2.75) is 25.7 Å². The van der Waals surface area contributed by atoms with Crippen LogP contribution in [0, 0.1) is 0 Å². The Bertz CT molecular complexity index is 440. The first-order valence-electron chi connectivity index (χ1n) is 6.70. The molecule has 1 saturated heterocycles. The lowest BCUT2D eigenvalue weighted by molar-refractivity contribution is 0.214. The fraction of sp³-hybridized carbons (Fsp3) is 0.500. The Kier molecular flexibility index (Phi) is 4.49. The number of methoxy groups -OCH3 is 1. The Morgan fingerprint density at radius 2 is 1.95 bits per heavy atom. The van der Waals surface area contributed by atoms with Crippen LogP contribution in [0.4, 0.5) is 16.2 Å². The third-order valence-electron chi connectivity index (χ3n) is 3.38. The summed E-state index contributed by atoms with van der Waals surface area (Å²) in [6, 6.07) is 5.21. The van der Waals surface area contributed by atoms with E-state index < -0.39 is 0 Å². The van der Waals surface area contributed by atoms with Gasteiger partial charge in [0.2, 0.25) is 0 Å². The van der Waals surface area contributed by atoms with Crippen LogP contribution in [0.5, 0.6) is 5.75 Å². The molecular formula is C14H21N3O2. The number of carbonyl (C=O) groups excluding carboxylic acids is 1. The van der Waals surface area contributed by atoms with E-state index in [0.717, 1.165) is 25.9 Å². The van der Waals surface area contributed by atoms with Crippen molar-refractivity contribution < 1.29 is 9.53 Å². The molecule has 2 rings (SSSR count). The molecule has 0 unspecified atom stereocenters. The van der Waals surface area contributed by atoms with Crippen LogP contribution in [-0.2, 0) is 0 Å². The van der Waals surface area contributed by atoms with Gasteiger partial charge in [-0.1, -0.05) is 12.8 Å². The van der Waals surface area contributed by atoms with Crippen LogP contribution >= 0.6 is 0 Å². The van der Waals surface area contributed by atoms with Gasteiger partial charge >= 0.3 is 6.03 Å². The van der Waals surface area contributed by atoms with Crippen molar-refractivity contribution in [3.05, 3.63) is 18.2 Å². The molecule has 19 heavy (non-hydrogen) atoms. The number of benzene rings is 1. The number of ether oxygens (including phenoxy) is 1. The maximum absolute atomic E-state index is 12.1. The molecule has 1 fully saturated rings. The first kappa shape index (κ1) is 13.5. The van der Waals surface area contributed by atoms with Gasteiger partial charge in [-0.25, -0.2) is 4.79 Å². The molecule has 0 spiro atoms. The Balaban J connectivity index is 2.01. The molecule has 104 valence electrons. The molecule has 0 atom stereocenters. The van der Waals surface area contributed by atoms with E-state index in [-0.39, 0.29) is 6.03 Å². The van der Waals surface area contributed by atoms with E-state index in [1.807, 2.05) is 4.90 Å². The fourth-order valence-electron chi connectivity index (χ4n) is 2.27. The molecule has 5 nitrogen and oxygen atoms in total. The lowest BCUT2D eigenvalue weighted by atomic mass is 10.2. The number of hydrogen-bond donors (Lipinski definition) is 2. The molecule has 2 amide bonds. The number of hydrogen-bond acceptors (Lipinski definition) is 3. The first-order valence-corrected chi connectivity index (χ1v) is 6.70. The van der Waals surface area contributed by atoms with Gasteiger partial charge in [0.1, 0.15) is 5.75 Å². The van der Waals surface area contributed by atoms with Gasteiger partial charge in [0, 0.05) is 24.8 Å². The highest BCUT2D eigenvalue weighted by Gasteiger charge is 2.15. The van der Waals surface area contributed by atoms with Crippen molar-refractivity contribution >= 4 is 17.4 Å². The predicted octanol–water partition coefficient (Wildman–Crippen LogP) is 2.69. The van der Waals surface area contributed by atoms with Crippen LogP contribution in [-0.4, -0.2) is 31.1 Å². The SMILES string of the molecule is COc1cc(NC(=O)N2CCCCCC2)ccc1N. The quantitative estimate of drug-likeness (QED) is 0.806. The third kappa shape index (κ3) is 3.53. The fourth-order valence-corrected chi connectivity index (χ4v) is 2.27. The number of anilines is 2. The average Bonchev–Trinajstić information content (AvgIpc) is 2.70. The Morgan fingerprint density at radius 3 is 2.58 bits per heavy atom. The molecule has 0 radical (unpaired) electrons. The van der Waals surface area contributed by atoms with Crippen LogP contribution in [0.2, 0.25) is 0 Å². The number of nitrogens with zero attached hydrogens (tertiary/aromatic N) is 1. The minimum absolute atomic E-state index is 0.0475. The van der Waals surface area contributed by atoms with Crippen LogP contribution in [0.25, 0.3) is 0 Å². The van der Waals surface area contributed by atoms with E-state index in [0.29, 0.717) is 17.1 Å². The number of nitrogen functional groups attached to an aromatic ring is 1. The second-order valence-electron chi connectivity index (χ2n) is 4.79. The summed E-state index contributed by atoms with van der Waals surface area (Å²) in [5, 5.41) is 2.89. The van der Waals surface area contributed by atoms with Crippen LogP contribution < -0.4 is 15.8 Å². The normalized spacial score (nSPS) is 15.7. The largest absolute Gasteiger partial charge is 0.495 e. The molecule has 1 aliphatic heterocycles. The highest BCUT2D eigenvalue weighted by molar-refractivity contribution is 5.90. The minimum atomic E-state index is -0.0475. The zero-order chi connectivity index (χ0) is 13.7. The minimum Gasteiger partial charge on any atom is -0.495 e. The number of carbonyl (C=O) groups is 1. The summed E-state index contributed by atoms with van der Waals surface area (Å²) in [4.78, 5) is 14.0. The van der Waals surface area contributed by atoms with Gasteiger partial charge in [-0.2, -0.15) is 0 Å². The Morgan fingerprint density at radius 1 is 1.26 bits per heavy atom. The van der Waals surface area contributed by atoms with E-state index >= 15 is 0 Å². The first-order chi connectivity index (χ1) is 9.20. The van der Waals surface area contributed by atoms with Gasteiger partial charge in [0.05, 0.1) is 12.8 Å². The van der Waals surface area contributed by atoms with Gasteiger partial charge in [0.15, 0.2) is 0 Å². The molecule has 1 aliphatic rings. The van der Waals surface area contributed by atoms with Gasteiger partial charge < -0.3 is 20.7 Å². The predicted molar refractivity (Wildman–Crippen MR) is 76.5 cm³/mol. The molecule has 0 saturated carbocycles. The van der Waals surface area contributed by atoms with Gasteiger partial charge in [-0.3, -0.25) is 0 Å². The van der Waals surface area contributed by atoms with E-state index in [4.69, 9.17) is 10.5 Å². The molecule has 1 heterocycles. The van der Waals surface area contributed by atoms with Crippen molar-refractivity contribution in [1.29, 1.82) is 0 Å². The summed E-state index contributed by atoms with van der Waals surface area (Å²) in [6.45, 7) is 1.66. The highest BCUT2D eigenvalue weighted by Crippen LogP contribution is 2.25. The number of urea groups is 1. The van der Waals surface area contributed by atoms with E-state index in [1.54, 1.807) is 25.3 Å². The van der Waals surface area contributed by atoms with Gasteiger partial charge in [0.25, 0.3) is 0 Å². The molecule has 1 aromatic rings. The summed E-state index contributed by atoms with van der Waals surface area (Å²) in [7, 11) is 1.56. The van der Waals surface area contributed by atoms with Crippen molar-refractivity contribution in [1.82, 2.24) is 4.90 Å². The Hall–Kier alpha value is -1.91. The summed E-state index contributed by atoms with van der Waals surface area (Å²) < 4.78 is 5.14. The summed E-state index contributed by atoms with van der Waals surface area (Å²) in [5.41, 5.74) is 7.02. The molecule has 1 aromatic carbocycles. The van der Waals surface area contributed by atoms with Crippen LogP contribution in [0.3, 0.4) is 0 Å². The highest BCUT2D eigenvalue weighted by atomic mass is 16.5. The molecule has 5 heteroatoms. The third-order valence-corrected chi connectivity index (χ3v) is 3.38. The summed E-state index contributed by atoms with van der Waals surface area (Å²) in [6.07, 6.45) is 4.58. The number of amides is 2. The topological polar surface area (TPSA) is 67.6 Å². The molecular weight excluding hydrogens is 242 g/mol. The second kappa shape index (κ2) is 6.31. The zero-order valence-corrected chi connectivity index (χ0v) is 11.3. The smallest absolute Gasteiger partial charge is 0.321 e. The number of nitrogens with one attached hydrogen (secondary N) is 1. The lowest BCUT2D eigenvalue weighted by Crippen LogP contribution is -2.35. The zero-order valence-electron chi connectivity index (χ0n) is 11.3. The van der Waals surface area contributed by atoms with E-state index in [9.17, 15) is 4.79 Å². The molecule has 0 bridgehead atoms. The van der Waals surface area contributed by atoms with Crippen molar-refractivity contribution in [2.24, 2.45) is 0 Å². The van der Waals surface area contributed by atoms with Gasteiger partial charge in [-0.05, 0) is 25.0 Å². The van der Waals surface area contributed by atoms with Crippen molar-refractivity contribution in [2.75, 3.05) is 31.2 Å². The van der Waals surface area contributed by atoms with E-state index in [2.05, 4.69) is 5.32 Å². The van der Waals surface area contributed by atoms with Crippen LogP contribution in [0.1, 0.15) is 25.7 Å². The lowest BCUT2D eigenvalue weighted by Gasteiger charge is -2.21. The Labute approximate surface area is 113 Å². The molecule has 3 N–H and O–H groups in total. The molecule has 0 aliphatic carbocycles. The molecule has 0 aromatic heterocycles. The standard InChI is InChI=1S/C14H21N3O2/c1-19-13-10-11(6-7-12(13)15)16-14(18)17-8-4-2-3-5-9-17/h6-7,10H,2-5,8-9,15H2,1H3,(H,16,18). The van der Waals surface area contributed by atoms with E-state index in [1.165, 1.54) is 12.8 Å². The van der Waals surface area contributed by atoms with Crippen molar-refractivity contribution in [3.63, 3.8) is 0 Å².